The number of carbonyl (C=O) groups is 2. The first-order valence-electron chi connectivity index (χ1n) is 9.55. The smallest absolute Gasteiger partial charge is 0.419 e. The van der Waals surface area contributed by atoms with Crippen molar-refractivity contribution in [3.8, 4) is 0 Å². The van der Waals surface area contributed by atoms with Crippen molar-refractivity contribution in [1.29, 1.82) is 0 Å². The van der Waals surface area contributed by atoms with Crippen LogP contribution in [0.3, 0.4) is 0 Å². The van der Waals surface area contributed by atoms with E-state index >= 15 is 0 Å². The second-order valence-electron chi connectivity index (χ2n) is 8.64. The summed E-state index contributed by atoms with van der Waals surface area (Å²) in [6.45, 7) is 6.16. The summed E-state index contributed by atoms with van der Waals surface area (Å²) in [6.07, 6.45) is 4.39. The van der Waals surface area contributed by atoms with Gasteiger partial charge in [-0.3, -0.25) is 9.47 Å². The van der Waals surface area contributed by atoms with Crippen molar-refractivity contribution in [2.45, 2.75) is 44.8 Å². The Kier molecular flexibility index (Phi) is 4.34. The Balaban J connectivity index is 1.83. The second kappa shape index (κ2) is 6.48. The number of esters is 1. The molecular formula is C22H26N2O4. The van der Waals surface area contributed by atoms with Crippen LogP contribution in [0.1, 0.15) is 37.8 Å². The minimum atomic E-state index is -0.558. The molecule has 0 spiro atoms. The van der Waals surface area contributed by atoms with Gasteiger partial charge < -0.3 is 9.47 Å². The number of benzene rings is 1. The predicted molar refractivity (Wildman–Crippen MR) is 107 cm³/mol. The van der Waals surface area contributed by atoms with Gasteiger partial charge in [0.1, 0.15) is 5.60 Å². The molecule has 0 amide bonds. The first-order chi connectivity index (χ1) is 13.2. The molecule has 2 aromatic rings. The summed E-state index contributed by atoms with van der Waals surface area (Å²) in [5.74, 6) is -0.201. The van der Waals surface area contributed by atoms with Gasteiger partial charge in [0.15, 0.2) is 0 Å². The van der Waals surface area contributed by atoms with E-state index in [2.05, 4.69) is 11.0 Å². The molecule has 0 fully saturated rings. The van der Waals surface area contributed by atoms with Gasteiger partial charge in [0.2, 0.25) is 0 Å². The van der Waals surface area contributed by atoms with Gasteiger partial charge in [-0.15, -0.1) is 0 Å². The van der Waals surface area contributed by atoms with Gasteiger partial charge in [0.25, 0.3) is 0 Å². The number of carbonyl (C=O) groups excluding carboxylic acids is 2. The summed E-state index contributed by atoms with van der Waals surface area (Å²) in [6, 6.07) is 6.24. The number of hydrogen-bond acceptors (Lipinski definition) is 5. The zero-order valence-electron chi connectivity index (χ0n) is 17.0. The van der Waals surface area contributed by atoms with Gasteiger partial charge in [0.05, 0.1) is 12.6 Å². The first kappa shape index (κ1) is 18.7. The van der Waals surface area contributed by atoms with Crippen LogP contribution in [-0.2, 0) is 20.7 Å². The normalized spacial score (nSPS) is 21.8. The minimum Gasteiger partial charge on any atom is -0.466 e. The van der Waals surface area contributed by atoms with Gasteiger partial charge >= 0.3 is 12.1 Å². The van der Waals surface area contributed by atoms with E-state index in [9.17, 15) is 9.59 Å². The highest BCUT2D eigenvalue weighted by atomic mass is 16.6. The minimum absolute atomic E-state index is 0.0820. The maximum atomic E-state index is 12.8. The van der Waals surface area contributed by atoms with E-state index in [0.29, 0.717) is 12.1 Å². The molecule has 6 nitrogen and oxygen atoms in total. The van der Waals surface area contributed by atoms with Crippen molar-refractivity contribution < 1.29 is 19.1 Å². The van der Waals surface area contributed by atoms with Gasteiger partial charge in [-0.25, -0.2) is 9.59 Å². The maximum Gasteiger partial charge on any atom is 0.419 e. The van der Waals surface area contributed by atoms with Crippen LogP contribution < -0.4 is 0 Å². The van der Waals surface area contributed by atoms with Crippen LogP contribution in [0.5, 0.6) is 0 Å². The Morgan fingerprint density at radius 1 is 1.21 bits per heavy atom. The summed E-state index contributed by atoms with van der Waals surface area (Å²) in [7, 11) is 3.44. The lowest BCUT2D eigenvalue weighted by Gasteiger charge is -2.40. The van der Waals surface area contributed by atoms with E-state index in [0.717, 1.165) is 28.5 Å². The lowest BCUT2D eigenvalue weighted by molar-refractivity contribution is -0.136. The molecule has 0 N–H and O–H groups in total. The Hall–Kier alpha value is -2.60. The van der Waals surface area contributed by atoms with E-state index in [1.54, 1.807) is 4.57 Å². The number of ether oxygens (including phenoxy) is 2. The highest BCUT2D eigenvalue weighted by molar-refractivity contribution is 5.96. The molecule has 1 aromatic carbocycles. The Morgan fingerprint density at radius 3 is 2.64 bits per heavy atom. The summed E-state index contributed by atoms with van der Waals surface area (Å²) in [4.78, 5) is 27.1. The van der Waals surface area contributed by atoms with Crippen molar-refractivity contribution in [2.24, 2.45) is 0 Å². The first-order valence-corrected chi connectivity index (χ1v) is 9.55. The maximum absolute atomic E-state index is 12.8. The number of fused-ring (bicyclic) bond motifs is 2. The molecule has 0 bridgehead atoms. The monoisotopic (exact) mass is 382 g/mol. The molecule has 2 atom stereocenters. The molecule has 4 rings (SSSR count). The molecule has 1 aromatic heterocycles. The summed E-state index contributed by atoms with van der Waals surface area (Å²) in [5, 5.41) is 1.09. The molecule has 1 aliphatic carbocycles. The third kappa shape index (κ3) is 3.02. The molecule has 148 valence electrons. The third-order valence-electron chi connectivity index (χ3n) is 5.55. The standard InChI is InChI=1S/C22H26N2O4/c1-22(2,3)28-21(26)24-12-13-10-18-16(15-7-6-8-17(24)19(13)15)9-14(11-23(18)4)20(25)27-5/h6-9,12,16,18H,10-11H2,1-5H3/t16?,18-/m1/s1. The van der Waals surface area contributed by atoms with Crippen LogP contribution in [0.4, 0.5) is 4.79 Å². The predicted octanol–water partition coefficient (Wildman–Crippen LogP) is 3.48. The van der Waals surface area contributed by atoms with Crippen LogP contribution in [0.25, 0.3) is 10.9 Å². The molecule has 1 unspecified atom stereocenters. The van der Waals surface area contributed by atoms with E-state index in [1.807, 2.05) is 52.2 Å². The van der Waals surface area contributed by atoms with Gasteiger partial charge in [-0.1, -0.05) is 18.2 Å². The molecular weight excluding hydrogens is 356 g/mol. The summed E-state index contributed by atoms with van der Waals surface area (Å²) < 4.78 is 12.1. The summed E-state index contributed by atoms with van der Waals surface area (Å²) in [5.41, 5.74) is 3.25. The molecule has 0 saturated heterocycles. The Labute approximate surface area is 164 Å². The number of methoxy groups -OCH3 is 1. The molecule has 0 saturated carbocycles. The number of rotatable bonds is 1. The quantitative estimate of drug-likeness (QED) is 0.707. The van der Waals surface area contributed by atoms with Gasteiger partial charge in [-0.05, 0) is 51.4 Å². The van der Waals surface area contributed by atoms with Crippen LogP contribution in [-0.4, -0.2) is 53.9 Å². The van der Waals surface area contributed by atoms with Gasteiger partial charge in [-0.2, -0.15) is 0 Å². The van der Waals surface area contributed by atoms with Crippen molar-refractivity contribution in [3.63, 3.8) is 0 Å². The molecule has 1 aliphatic heterocycles. The Morgan fingerprint density at radius 2 is 1.96 bits per heavy atom. The molecule has 2 aliphatic rings. The van der Waals surface area contributed by atoms with E-state index in [4.69, 9.17) is 9.47 Å². The van der Waals surface area contributed by atoms with E-state index in [1.165, 1.54) is 7.11 Å². The van der Waals surface area contributed by atoms with Crippen LogP contribution in [0.15, 0.2) is 36.0 Å². The van der Waals surface area contributed by atoms with E-state index in [-0.39, 0.29) is 24.0 Å². The van der Waals surface area contributed by atoms with Crippen molar-refractivity contribution >= 4 is 23.0 Å². The second-order valence-corrected chi connectivity index (χ2v) is 8.64. The largest absolute Gasteiger partial charge is 0.466 e. The van der Waals surface area contributed by atoms with Crippen LogP contribution in [0, 0.1) is 0 Å². The molecule has 0 radical (unpaired) electrons. The van der Waals surface area contributed by atoms with Crippen molar-refractivity contribution in [2.75, 3.05) is 20.7 Å². The molecule has 6 heteroatoms. The highest BCUT2D eigenvalue weighted by Crippen LogP contribution is 2.42. The van der Waals surface area contributed by atoms with Crippen molar-refractivity contribution in [1.82, 2.24) is 9.47 Å². The van der Waals surface area contributed by atoms with Crippen molar-refractivity contribution in [3.05, 3.63) is 47.2 Å². The average Bonchev–Trinajstić information content (AvgIpc) is 3.00. The lowest BCUT2D eigenvalue weighted by Crippen LogP contribution is -2.44. The number of aromatic nitrogens is 1. The highest BCUT2D eigenvalue weighted by Gasteiger charge is 2.38. The fourth-order valence-electron chi connectivity index (χ4n) is 4.40. The topological polar surface area (TPSA) is 60.8 Å². The fraction of sp³-hybridized carbons (Fsp3) is 0.455. The lowest BCUT2D eigenvalue weighted by atomic mass is 9.76. The molecule has 2 heterocycles. The Bertz CT molecular complexity index is 996. The summed E-state index contributed by atoms with van der Waals surface area (Å²) >= 11 is 0. The zero-order chi connectivity index (χ0) is 20.2. The van der Waals surface area contributed by atoms with E-state index < -0.39 is 5.60 Å². The number of likely N-dealkylation sites (N-methyl/N-ethyl adjacent to an activating group) is 1. The zero-order valence-corrected chi connectivity index (χ0v) is 17.0. The number of hydrogen-bond donors (Lipinski definition) is 0. The third-order valence-corrected chi connectivity index (χ3v) is 5.55. The molecule has 28 heavy (non-hydrogen) atoms. The van der Waals surface area contributed by atoms with Gasteiger partial charge in [0, 0.05) is 35.7 Å². The number of nitrogens with zero attached hydrogens (tertiary/aromatic N) is 2. The fourth-order valence-corrected chi connectivity index (χ4v) is 4.40. The van der Waals surface area contributed by atoms with Crippen LogP contribution >= 0.6 is 0 Å². The SMILES string of the molecule is COC(=O)C1=CC2c3cccc4c3c(cn4C(=O)OC(C)(C)C)C[C@H]2N(C)C1. The van der Waals surface area contributed by atoms with Crippen LogP contribution in [0.2, 0.25) is 0 Å². The average molecular weight is 382 g/mol.